The molecule has 3 heteroatoms. The predicted octanol–water partition coefficient (Wildman–Crippen LogP) is 3.58. The Balaban J connectivity index is 1.72. The lowest BCUT2D eigenvalue weighted by atomic mass is 9.43. The highest BCUT2D eigenvalue weighted by Crippen LogP contribution is 2.66. The number of ketones is 1. The minimum Gasteiger partial charge on any atom is -0.389 e. The summed E-state index contributed by atoms with van der Waals surface area (Å²) >= 11 is 0. The van der Waals surface area contributed by atoms with Gasteiger partial charge >= 0.3 is 0 Å². The molecule has 0 aromatic carbocycles. The lowest BCUT2D eigenvalue weighted by molar-refractivity contribution is -0.183. The quantitative estimate of drug-likeness (QED) is 0.803. The van der Waals surface area contributed by atoms with Crippen LogP contribution in [0.4, 0.5) is 0 Å². The zero-order chi connectivity index (χ0) is 16.6. The third-order valence-corrected chi connectivity index (χ3v) is 8.74. The van der Waals surface area contributed by atoms with Gasteiger partial charge in [0.15, 0.2) is 0 Å². The molecule has 8 atom stereocenters. The number of hydrogen-bond acceptors (Lipinski definition) is 3. The summed E-state index contributed by atoms with van der Waals surface area (Å²) in [6.07, 6.45) is 7.68. The zero-order valence-corrected chi connectivity index (χ0v) is 15.1. The van der Waals surface area contributed by atoms with E-state index in [1.807, 2.05) is 14.0 Å². The summed E-state index contributed by atoms with van der Waals surface area (Å²) in [5, 5.41) is 10.8. The molecule has 0 aromatic heterocycles. The minimum atomic E-state index is -0.797. The molecule has 0 radical (unpaired) electrons. The van der Waals surface area contributed by atoms with Gasteiger partial charge in [-0.1, -0.05) is 13.8 Å². The molecule has 0 saturated heterocycles. The van der Waals surface area contributed by atoms with Gasteiger partial charge in [0.25, 0.3) is 0 Å². The summed E-state index contributed by atoms with van der Waals surface area (Å²) in [5.74, 6) is 1.99. The first-order chi connectivity index (χ1) is 10.7. The summed E-state index contributed by atoms with van der Waals surface area (Å²) in [6, 6.07) is 0. The van der Waals surface area contributed by atoms with Gasteiger partial charge in [-0.15, -0.1) is 0 Å². The first-order valence-electron chi connectivity index (χ1n) is 9.53. The fourth-order valence-corrected chi connectivity index (χ4v) is 7.24. The van der Waals surface area contributed by atoms with Crippen molar-refractivity contribution in [2.45, 2.75) is 77.4 Å². The van der Waals surface area contributed by atoms with E-state index in [-0.39, 0.29) is 16.7 Å². The maximum absolute atomic E-state index is 13.1. The number of fused-ring (bicyclic) bond motifs is 6. The summed E-state index contributed by atoms with van der Waals surface area (Å²) in [4.78, 5) is 13.1. The SMILES string of the molecule is CO[C@H]1CC[C@H]2[C@@H]3CC4C(=O)[C@](C)(CCC4(C)O)[C@H]3CC[C@]12C. The minimum absolute atomic E-state index is 0.147. The van der Waals surface area contributed by atoms with Crippen molar-refractivity contribution in [3.63, 3.8) is 0 Å². The molecule has 0 heterocycles. The highest BCUT2D eigenvalue weighted by atomic mass is 16.5. The van der Waals surface area contributed by atoms with E-state index in [0.717, 1.165) is 32.1 Å². The largest absolute Gasteiger partial charge is 0.389 e. The molecule has 4 rings (SSSR count). The molecule has 130 valence electrons. The Morgan fingerprint density at radius 2 is 1.78 bits per heavy atom. The van der Waals surface area contributed by atoms with Gasteiger partial charge in [-0.2, -0.15) is 0 Å². The molecule has 0 amide bonds. The normalized spacial score (nSPS) is 58.7. The number of ether oxygens (including phenoxy) is 1. The average Bonchev–Trinajstić information content (AvgIpc) is 2.84. The van der Waals surface area contributed by atoms with Crippen LogP contribution in [0.2, 0.25) is 0 Å². The third kappa shape index (κ3) is 1.93. The van der Waals surface area contributed by atoms with Crippen molar-refractivity contribution in [2.24, 2.45) is 34.5 Å². The second-order valence-corrected chi connectivity index (χ2v) is 9.65. The Hall–Kier alpha value is -0.410. The number of methoxy groups -OCH3 is 1. The van der Waals surface area contributed by atoms with E-state index in [1.54, 1.807) is 0 Å². The summed E-state index contributed by atoms with van der Waals surface area (Å²) in [7, 11) is 1.86. The monoisotopic (exact) mass is 320 g/mol. The van der Waals surface area contributed by atoms with Crippen molar-refractivity contribution >= 4 is 5.78 Å². The number of carbonyl (C=O) groups is 1. The Kier molecular flexibility index (Phi) is 3.37. The van der Waals surface area contributed by atoms with E-state index in [2.05, 4.69) is 13.8 Å². The topological polar surface area (TPSA) is 46.5 Å². The van der Waals surface area contributed by atoms with Gasteiger partial charge in [0.05, 0.1) is 11.7 Å². The van der Waals surface area contributed by atoms with E-state index >= 15 is 0 Å². The molecule has 3 nitrogen and oxygen atoms in total. The van der Waals surface area contributed by atoms with Crippen molar-refractivity contribution in [2.75, 3.05) is 7.11 Å². The van der Waals surface area contributed by atoms with Crippen LogP contribution >= 0.6 is 0 Å². The first kappa shape index (κ1) is 16.1. The Morgan fingerprint density at radius 3 is 2.48 bits per heavy atom. The van der Waals surface area contributed by atoms with Gasteiger partial charge in [-0.3, -0.25) is 4.79 Å². The fraction of sp³-hybridized carbons (Fsp3) is 0.950. The van der Waals surface area contributed by atoms with Crippen LogP contribution in [-0.4, -0.2) is 29.7 Å². The van der Waals surface area contributed by atoms with E-state index in [1.165, 1.54) is 12.8 Å². The molecule has 0 spiro atoms. The summed E-state index contributed by atoms with van der Waals surface area (Å²) in [5.41, 5.74) is -0.718. The van der Waals surface area contributed by atoms with Crippen molar-refractivity contribution in [3.05, 3.63) is 0 Å². The lowest BCUT2D eigenvalue weighted by Gasteiger charge is -2.61. The maximum atomic E-state index is 13.1. The number of Topliss-reactive ketones (excluding diaryl/α,β-unsaturated/α-hetero) is 1. The molecule has 4 aliphatic rings. The van der Waals surface area contributed by atoms with Crippen molar-refractivity contribution in [1.82, 2.24) is 0 Å². The van der Waals surface area contributed by atoms with Crippen LogP contribution in [-0.2, 0) is 9.53 Å². The standard InChI is InChI=1S/C20H32O3/c1-18-8-7-14-12(13(18)5-6-16(18)23-4)11-15-17(21)19(14,2)9-10-20(15,3)22/h12-16,22H,5-11H2,1-4H3/t12-,13-,14-,15?,16-,18-,19+,20?/m0/s1. The first-order valence-corrected chi connectivity index (χ1v) is 9.53. The average molecular weight is 320 g/mol. The third-order valence-electron chi connectivity index (χ3n) is 8.74. The second kappa shape index (κ2) is 4.82. The number of aliphatic hydroxyl groups is 1. The van der Waals surface area contributed by atoms with Crippen LogP contribution in [0.5, 0.6) is 0 Å². The Morgan fingerprint density at radius 1 is 1.04 bits per heavy atom. The Bertz CT molecular complexity index is 527. The molecule has 4 saturated carbocycles. The van der Waals surface area contributed by atoms with Crippen LogP contribution in [0.1, 0.15) is 65.7 Å². The van der Waals surface area contributed by atoms with Crippen LogP contribution in [0.25, 0.3) is 0 Å². The molecular formula is C20H32O3. The van der Waals surface area contributed by atoms with Crippen molar-refractivity contribution in [3.8, 4) is 0 Å². The van der Waals surface area contributed by atoms with Gasteiger partial charge in [0.2, 0.25) is 0 Å². The van der Waals surface area contributed by atoms with E-state index in [9.17, 15) is 9.90 Å². The van der Waals surface area contributed by atoms with Crippen LogP contribution < -0.4 is 0 Å². The number of carbonyl (C=O) groups excluding carboxylic acids is 1. The molecule has 1 N–H and O–H groups in total. The number of hydrogen-bond donors (Lipinski definition) is 1. The van der Waals surface area contributed by atoms with Gasteiger partial charge in [0, 0.05) is 18.4 Å². The predicted molar refractivity (Wildman–Crippen MR) is 88.9 cm³/mol. The summed E-state index contributed by atoms with van der Waals surface area (Å²) < 4.78 is 5.83. The van der Waals surface area contributed by atoms with Gasteiger partial charge in [-0.05, 0) is 75.0 Å². The van der Waals surface area contributed by atoms with Crippen molar-refractivity contribution < 1.29 is 14.6 Å². The summed E-state index contributed by atoms with van der Waals surface area (Å²) in [6.45, 7) is 6.52. The second-order valence-electron chi connectivity index (χ2n) is 9.65. The highest BCUT2D eigenvalue weighted by Gasteiger charge is 2.65. The number of rotatable bonds is 1. The smallest absolute Gasteiger partial charge is 0.144 e. The zero-order valence-electron chi connectivity index (χ0n) is 15.1. The van der Waals surface area contributed by atoms with E-state index < -0.39 is 5.60 Å². The maximum Gasteiger partial charge on any atom is 0.144 e. The van der Waals surface area contributed by atoms with Gasteiger partial charge < -0.3 is 9.84 Å². The van der Waals surface area contributed by atoms with Crippen molar-refractivity contribution in [1.29, 1.82) is 0 Å². The Labute approximate surface area is 140 Å². The molecule has 0 aromatic rings. The van der Waals surface area contributed by atoms with Crippen LogP contribution in [0.15, 0.2) is 0 Å². The van der Waals surface area contributed by atoms with Crippen LogP contribution in [0.3, 0.4) is 0 Å². The molecule has 4 aliphatic carbocycles. The van der Waals surface area contributed by atoms with Crippen LogP contribution in [0, 0.1) is 34.5 Å². The van der Waals surface area contributed by atoms with Gasteiger partial charge in [-0.25, -0.2) is 0 Å². The molecule has 2 bridgehead atoms. The van der Waals surface area contributed by atoms with Gasteiger partial charge in [0.1, 0.15) is 5.78 Å². The lowest BCUT2D eigenvalue weighted by Crippen LogP contribution is -2.62. The molecule has 0 aliphatic heterocycles. The molecular weight excluding hydrogens is 288 g/mol. The highest BCUT2D eigenvalue weighted by molar-refractivity contribution is 5.89. The van der Waals surface area contributed by atoms with E-state index in [0.29, 0.717) is 29.6 Å². The molecule has 4 fully saturated rings. The molecule has 2 unspecified atom stereocenters. The van der Waals surface area contributed by atoms with E-state index in [4.69, 9.17) is 4.74 Å². The fourth-order valence-electron chi connectivity index (χ4n) is 7.24. The molecule has 23 heavy (non-hydrogen) atoms.